The van der Waals surface area contributed by atoms with Crippen molar-refractivity contribution in [1.29, 1.82) is 0 Å². The number of hydrogen-bond donors (Lipinski definition) is 1. The fraction of sp³-hybridized carbons (Fsp3) is 0.167. The van der Waals surface area contributed by atoms with Gasteiger partial charge in [0, 0.05) is 19.3 Å². The van der Waals surface area contributed by atoms with Crippen LogP contribution in [0, 0.1) is 10.1 Å². The second kappa shape index (κ2) is 5.80. The lowest BCUT2D eigenvalue weighted by Gasteiger charge is -2.09. The minimum Gasteiger partial charge on any atom is -0.494 e. The first-order valence-corrected chi connectivity index (χ1v) is 6.13. The number of hydrogen-bond acceptors (Lipinski definition) is 5. The summed E-state index contributed by atoms with van der Waals surface area (Å²) >= 11 is 5.88. The average Bonchev–Trinajstić information content (AvgIpc) is 2.78. The van der Waals surface area contributed by atoms with Gasteiger partial charge in [0.05, 0.1) is 28.8 Å². The maximum Gasteiger partial charge on any atom is 0.277 e. The third kappa shape index (κ3) is 3.11. The normalized spacial score (nSPS) is 10.2. The molecule has 9 heteroatoms. The Hall–Kier alpha value is -2.61. The molecule has 0 aliphatic carbocycles. The molecule has 21 heavy (non-hydrogen) atoms. The van der Waals surface area contributed by atoms with Crippen molar-refractivity contribution in [2.45, 2.75) is 0 Å². The number of rotatable bonds is 4. The van der Waals surface area contributed by atoms with E-state index in [1.165, 1.54) is 36.2 Å². The Labute approximate surface area is 124 Å². The van der Waals surface area contributed by atoms with E-state index in [-0.39, 0.29) is 27.8 Å². The van der Waals surface area contributed by atoms with Crippen LogP contribution in [-0.4, -0.2) is 27.7 Å². The van der Waals surface area contributed by atoms with Crippen molar-refractivity contribution >= 4 is 28.9 Å². The van der Waals surface area contributed by atoms with Gasteiger partial charge >= 0.3 is 0 Å². The zero-order chi connectivity index (χ0) is 15.6. The molecule has 0 saturated carbocycles. The van der Waals surface area contributed by atoms with Crippen molar-refractivity contribution in [2.24, 2.45) is 7.05 Å². The highest BCUT2D eigenvalue weighted by Gasteiger charge is 2.18. The average molecular weight is 311 g/mol. The number of nitro groups is 1. The monoisotopic (exact) mass is 310 g/mol. The number of nitrogens with zero attached hydrogens (tertiary/aromatic N) is 3. The number of non-ortho nitro benzene ring substituents is 1. The van der Waals surface area contributed by atoms with Gasteiger partial charge in [-0.2, -0.15) is 5.10 Å². The summed E-state index contributed by atoms with van der Waals surface area (Å²) in [5, 5.41) is 17.4. The van der Waals surface area contributed by atoms with Crippen LogP contribution in [-0.2, 0) is 7.05 Å². The third-order valence-electron chi connectivity index (χ3n) is 2.64. The van der Waals surface area contributed by atoms with Gasteiger partial charge in [0.25, 0.3) is 11.6 Å². The maximum absolute atomic E-state index is 12.1. The number of carbonyl (C=O) groups is 1. The highest BCUT2D eigenvalue weighted by Crippen LogP contribution is 2.29. The number of benzene rings is 1. The van der Waals surface area contributed by atoms with Gasteiger partial charge in [0.15, 0.2) is 5.69 Å². The van der Waals surface area contributed by atoms with E-state index in [1.807, 2.05) is 0 Å². The number of aromatic nitrogens is 2. The van der Waals surface area contributed by atoms with Crippen molar-refractivity contribution in [3.63, 3.8) is 0 Å². The molecular weight excluding hydrogens is 300 g/mol. The largest absolute Gasteiger partial charge is 0.494 e. The van der Waals surface area contributed by atoms with Gasteiger partial charge in [-0.25, -0.2) is 0 Å². The first kappa shape index (κ1) is 14.8. The Morgan fingerprint density at radius 3 is 2.76 bits per heavy atom. The number of nitro benzene ring substituents is 1. The van der Waals surface area contributed by atoms with Crippen LogP contribution in [0.25, 0.3) is 0 Å². The molecule has 1 heterocycles. The van der Waals surface area contributed by atoms with Gasteiger partial charge in [0.2, 0.25) is 0 Å². The molecule has 0 aliphatic heterocycles. The van der Waals surface area contributed by atoms with Crippen molar-refractivity contribution in [2.75, 3.05) is 12.4 Å². The topological polar surface area (TPSA) is 99.3 Å². The number of methoxy groups -OCH3 is 1. The molecule has 0 spiro atoms. The quantitative estimate of drug-likeness (QED) is 0.689. The number of carbonyl (C=O) groups excluding carboxylic acids is 1. The number of aryl methyl sites for hydroxylation is 1. The van der Waals surface area contributed by atoms with Crippen molar-refractivity contribution in [1.82, 2.24) is 9.78 Å². The van der Waals surface area contributed by atoms with E-state index < -0.39 is 10.8 Å². The molecule has 0 fully saturated rings. The molecule has 8 nitrogen and oxygen atoms in total. The Kier molecular flexibility index (Phi) is 4.08. The number of amides is 1. The lowest BCUT2D eigenvalue weighted by molar-refractivity contribution is -0.384. The summed E-state index contributed by atoms with van der Waals surface area (Å²) in [5.74, 6) is -0.364. The second-order valence-corrected chi connectivity index (χ2v) is 4.50. The minimum absolute atomic E-state index is 0.0552. The molecule has 0 radical (unpaired) electrons. The SMILES string of the molecule is COc1cc([N+](=O)[O-])ccc1NC(=O)c1nn(C)cc1Cl. The Morgan fingerprint density at radius 1 is 1.52 bits per heavy atom. The van der Waals surface area contributed by atoms with Crippen LogP contribution in [0.2, 0.25) is 5.02 Å². The molecule has 1 N–H and O–H groups in total. The van der Waals surface area contributed by atoms with Crippen molar-refractivity contribution in [3.8, 4) is 5.75 Å². The highest BCUT2D eigenvalue weighted by molar-refractivity contribution is 6.34. The highest BCUT2D eigenvalue weighted by atomic mass is 35.5. The van der Waals surface area contributed by atoms with Gasteiger partial charge in [-0.05, 0) is 6.07 Å². The summed E-state index contributed by atoms with van der Waals surface area (Å²) in [6, 6.07) is 3.86. The molecule has 0 bridgehead atoms. The molecule has 2 rings (SSSR count). The van der Waals surface area contributed by atoms with Gasteiger partial charge in [-0.1, -0.05) is 11.6 Å². The van der Waals surface area contributed by atoms with Crippen molar-refractivity contribution in [3.05, 3.63) is 45.2 Å². The third-order valence-corrected chi connectivity index (χ3v) is 2.92. The summed E-state index contributed by atoms with van der Waals surface area (Å²) in [4.78, 5) is 22.2. The Balaban J connectivity index is 2.29. The van der Waals surface area contributed by atoms with E-state index >= 15 is 0 Å². The number of halogens is 1. The predicted octanol–water partition coefficient (Wildman–Crippen LogP) is 2.24. The van der Waals surface area contributed by atoms with E-state index in [0.717, 1.165) is 0 Å². The zero-order valence-electron chi connectivity index (χ0n) is 11.2. The molecular formula is C12H11ClN4O4. The van der Waals surface area contributed by atoms with Gasteiger partial charge in [0.1, 0.15) is 5.75 Å². The summed E-state index contributed by atoms with van der Waals surface area (Å²) in [6.45, 7) is 0. The molecule has 1 amide bonds. The second-order valence-electron chi connectivity index (χ2n) is 4.10. The summed E-state index contributed by atoms with van der Waals surface area (Å²) in [7, 11) is 2.98. The molecule has 1 aromatic heterocycles. The molecule has 0 saturated heterocycles. The standard InChI is InChI=1S/C12H11ClN4O4/c1-16-6-8(13)11(15-16)12(18)14-9-4-3-7(17(19)20)5-10(9)21-2/h3-6H,1-2H3,(H,14,18). The summed E-state index contributed by atoms with van der Waals surface area (Å²) < 4.78 is 6.44. The van der Waals surface area contributed by atoms with Crippen LogP contribution in [0.3, 0.4) is 0 Å². The minimum atomic E-state index is -0.552. The van der Waals surface area contributed by atoms with E-state index in [2.05, 4.69) is 10.4 Å². The van der Waals surface area contributed by atoms with Gasteiger partial charge in [-0.3, -0.25) is 19.6 Å². The Morgan fingerprint density at radius 2 is 2.24 bits per heavy atom. The van der Waals surface area contributed by atoms with Crippen LogP contribution in [0.1, 0.15) is 10.5 Å². The lowest BCUT2D eigenvalue weighted by atomic mass is 10.2. The fourth-order valence-electron chi connectivity index (χ4n) is 1.69. The van der Waals surface area contributed by atoms with Crippen LogP contribution in [0.4, 0.5) is 11.4 Å². The van der Waals surface area contributed by atoms with E-state index in [9.17, 15) is 14.9 Å². The molecule has 2 aromatic rings. The van der Waals surface area contributed by atoms with E-state index in [4.69, 9.17) is 16.3 Å². The summed E-state index contributed by atoms with van der Waals surface area (Å²) in [5.41, 5.74) is 0.204. The van der Waals surface area contributed by atoms with Gasteiger partial charge in [-0.15, -0.1) is 0 Å². The molecule has 1 aromatic carbocycles. The predicted molar refractivity (Wildman–Crippen MR) is 75.8 cm³/mol. The smallest absolute Gasteiger partial charge is 0.277 e. The van der Waals surface area contributed by atoms with E-state index in [0.29, 0.717) is 0 Å². The molecule has 110 valence electrons. The Bertz CT molecular complexity index is 713. The van der Waals surface area contributed by atoms with Crippen LogP contribution >= 0.6 is 11.6 Å². The number of ether oxygens (including phenoxy) is 1. The molecule has 0 unspecified atom stereocenters. The van der Waals surface area contributed by atoms with Crippen molar-refractivity contribution < 1.29 is 14.5 Å². The van der Waals surface area contributed by atoms with E-state index in [1.54, 1.807) is 7.05 Å². The van der Waals surface area contributed by atoms with Crippen LogP contribution in [0.15, 0.2) is 24.4 Å². The molecule has 0 atom stereocenters. The van der Waals surface area contributed by atoms with Crippen LogP contribution < -0.4 is 10.1 Å². The first-order chi connectivity index (χ1) is 9.92. The number of nitrogens with one attached hydrogen (secondary N) is 1. The van der Waals surface area contributed by atoms with Gasteiger partial charge < -0.3 is 10.1 Å². The number of anilines is 1. The lowest BCUT2D eigenvalue weighted by Crippen LogP contribution is -2.14. The molecule has 0 aliphatic rings. The van der Waals surface area contributed by atoms with Crippen LogP contribution in [0.5, 0.6) is 5.75 Å². The maximum atomic E-state index is 12.1. The zero-order valence-corrected chi connectivity index (χ0v) is 11.9. The fourth-order valence-corrected chi connectivity index (χ4v) is 1.96. The summed E-state index contributed by atoms with van der Waals surface area (Å²) in [6.07, 6.45) is 1.49. The first-order valence-electron chi connectivity index (χ1n) is 5.75.